The first-order valence-corrected chi connectivity index (χ1v) is 18.5. The number of carbonyl (C=O) groups excluding carboxylic acids is 4. The van der Waals surface area contributed by atoms with Crippen molar-refractivity contribution in [2.24, 2.45) is 5.92 Å². The van der Waals surface area contributed by atoms with E-state index < -0.39 is 66.8 Å². The summed E-state index contributed by atoms with van der Waals surface area (Å²) in [5.74, 6) is -1.61. The zero-order valence-electron chi connectivity index (χ0n) is 31.9. The number of Topliss-reactive ketones (excluding diaryl/α,β-unsaturated/α-hetero) is 1. The van der Waals surface area contributed by atoms with Gasteiger partial charge >= 0.3 is 24.1 Å². The molecule has 300 valence electrons. The Morgan fingerprint density at radius 2 is 1.52 bits per heavy atom. The molecule has 0 fully saturated rings. The molecule has 0 aliphatic heterocycles. The van der Waals surface area contributed by atoms with Crippen LogP contribution in [-0.2, 0) is 44.6 Å². The van der Waals surface area contributed by atoms with E-state index in [1.165, 1.54) is 12.5 Å². The highest BCUT2D eigenvalue weighted by Gasteiger charge is 2.49. The first-order chi connectivity index (χ1) is 25.7. The minimum atomic E-state index is -3.08. The summed E-state index contributed by atoms with van der Waals surface area (Å²) in [6, 6.07) is 4.93. The van der Waals surface area contributed by atoms with Crippen LogP contribution in [0.5, 0.6) is 5.75 Å². The molecule has 0 saturated carbocycles. The Morgan fingerprint density at radius 3 is 2.09 bits per heavy atom. The summed E-state index contributed by atoms with van der Waals surface area (Å²) in [6.45, 7) is 6.27. The number of hydrogen-bond acceptors (Lipinski definition) is 11. The minimum Gasteiger partial charge on any atom is -0.481 e. The highest BCUT2D eigenvalue weighted by Crippen LogP contribution is 2.26. The number of allylic oxidation sites excluding steroid dienone is 1. The SMILES string of the molecule is CC#CCOc1ccc(C[C@H](NC(=O)[C@@H](/C=C/CCCCCCC(=O)CCCCCCC)[C@@](O)(CC(=O)O)C(=O)O)C(=O)OCOC(=O)OC(C)C)cc1. The van der Waals surface area contributed by atoms with Crippen molar-refractivity contribution >= 4 is 35.8 Å². The van der Waals surface area contributed by atoms with Crippen LogP contribution in [0.25, 0.3) is 0 Å². The van der Waals surface area contributed by atoms with Crippen molar-refractivity contribution in [3.63, 3.8) is 0 Å². The Bertz CT molecular complexity index is 1430. The average molecular weight is 760 g/mol. The standard InChI is InChI=1S/C40H57NO13/c1-5-7-9-12-15-18-31(42)19-16-13-10-11-14-17-20-33(40(50,38(47)48)27-35(43)44)36(45)41-34(37(46)52-28-53-39(49)54-29(3)4)26-30-21-23-32(24-22-30)51-25-8-6-2/h17,20-24,29,33-34,50H,5,7,9-16,18-19,25-28H2,1-4H3,(H,41,45)(H,43,44)(H,47,48)/b20-17+/t33-,34+,40+/m1/s1. The second-order valence-electron chi connectivity index (χ2n) is 13.1. The molecule has 0 aliphatic carbocycles. The Hall–Kier alpha value is -4.90. The summed E-state index contributed by atoms with van der Waals surface area (Å²) >= 11 is 0. The second-order valence-corrected chi connectivity index (χ2v) is 13.1. The number of esters is 1. The number of carboxylic acid groups (broad SMARTS) is 2. The quantitative estimate of drug-likeness (QED) is 0.0258. The Kier molecular flexibility index (Phi) is 23.4. The molecule has 0 aromatic heterocycles. The fraction of sp³-hybridized carbons (Fsp3) is 0.600. The lowest BCUT2D eigenvalue weighted by molar-refractivity contribution is -0.172. The lowest BCUT2D eigenvalue weighted by Gasteiger charge is -2.29. The van der Waals surface area contributed by atoms with E-state index in [2.05, 4.69) is 24.1 Å². The van der Waals surface area contributed by atoms with Gasteiger partial charge in [-0.2, -0.15) is 0 Å². The van der Waals surface area contributed by atoms with E-state index in [4.69, 9.17) is 18.9 Å². The lowest BCUT2D eigenvalue weighted by atomic mass is 9.82. The van der Waals surface area contributed by atoms with Gasteiger partial charge in [-0.25, -0.2) is 14.4 Å². The van der Waals surface area contributed by atoms with Crippen molar-refractivity contribution in [1.82, 2.24) is 5.32 Å². The first kappa shape index (κ1) is 47.1. The van der Waals surface area contributed by atoms with E-state index in [9.17, 15) is 44.1 Å². The smallest absolute Gasteiger partial charge is 0.481 e. The summed E-state index contributed by atoms with van der Waals surface area (Å²) in [5.41, 5.74) is -2.58. The number of unbranched alkanes of at least 4 members (excludes halogenated alkanes) is 8. The number of nitrogens with one attached hydrogen (secondary N) is 1. The highest BCUT2D eigenvalue weighted by molar-refractivity contribution is 5.94. The molecule has 0 bridgehead atoms. The molecule has 0 spiro atoms. The number of benzene rings is 1. The number of ether oxygens (including phenoxy) is 4. The number of carbonyl (C=O) groups is 6. The number of amides is 1. The van der Waals surface area contributed by atoms with Gasteiger partial charge in [-0.05, 0) is 64.2 Å². The Morgan fingerprint density at radius 1 is 0.889 bits per heavy atom. The zero-order chi connectivity index (χ0) is 40.4. The van der Waals surface area contributed by atoms with Crippen LogP contribution in [0.3, 0.4) is 0 Å². The molecule has 0 saturated heterocycles. The maximum Gasteiger partial charge on any atom is 0.511 e. The number of aliphatic hydroxyl groups is 1. The average Bonchev–Trinajstić information content (AvgIpc) is 3.10. The van der Waals surface area contributed by atoms with Crippen LogP contribution < -0.4 is 10.1 Å². The molecule has 0 aliphatic rings. The van der Waals surface area contributed by atoms with E-state index in [0.717, 1.165) is 51.0 Å². The number of hydrogen-bond donors (Lipinski definition) is 4. The lowest BCUT2D eigenvalue weighted by Crippen LogP contribution is -2.55. The molecule has 4 N–H and O–H groups in total. The van der Waals surface area contributed by atoms with Crippen LogP contribution >= 0.6 is 0 Å². The van der Waals surface area contributed by atoms with Crippen LogP contribution in [0, 0.1) is 17.8 Å². The van der Waals surface area contributed by atoms with Gasteiger partial charge in [0, 0.05) is 19.3 Å². The summed E-state index contributed by atoms with van der Waals surface area (Å²) in [6.07, 6.45) is 9.28. The van der Waals surface area contributed by atoms with Crippen molar-refractivity contribution in [1.29, 1.82) is 0 Å². The van der Waals surface area contributed by atoms with E-state index in [1.54, 1.807) is 45.0 Å². The maximum absolute atomic E-state index is 13.7. The zero-order valence-corrected chi connectivity index (χ0v) is 31.9. The van der Waals surface area contributed by atoms with Gasteiger partial charge in [0.2, 0.25) is 12.7 Å². The fourth-order valence-electron chi connectivity index (χ4n) is 5.30. The largest absolute Gasteiger partial charge is 0.511 e. The van der Waals surface area contributed by atoms with Gasteiger partial charge in [-0.3, -0.25) is 14.4 Å². The number of carboxylic acids is 2. The van der Waals surface area contributed by atoms with E-state index >= 15 is 0 Å². The molecular weight excluding hydrogens is 702 g/mol. The summed E-state index contributed by atoms with van der Waals surface area (Å²) in [7, 11) is 0. The van der Waals surface area contributed by atoms with Gasteiger partial charge < -0.3 is 39.6 Å². The summed E-state index contributed by atoms with van der Waals surface area (Å²) in [4.78, 5) is 74.7. The van der Waals surface area contributed by atoms with Crippen LogP contribution in [0.4, 0.5) is 4.79 Å². The topological polar surface area (TPSA) is 212 Å². The molecule has 1 aromatic carbocycles. The predicted molar refractivity (Wildman–Crippen MR) is 198 cm³/mol. The van der Waals surface area contributed by atoms with Crippen molar-refractivity contribution in [3.05, 3.63) is 42.0 Å². The molecule has 1 aromatic rings. The molecule has 0 heterocycles. The van der Waals surface area contributed by atoms with Crippen LogP contribution in [0.2, 0.25) is 0 Å². The molecule has 0 unspecified atom stereocenters. The van der Waals surface area contributed by atoms with Crippen molar-refractivity contribution in [2.45, 2.75) is 135 Å². The molecule has 14 nitrogen and oxygen atoms in total. The van der Waals surface area contributed by atoms with Gasteiger partial charge in [-0.15, -0.1) is 5.92 Å². The van der Waals surface area contributed by atoms with Crippen LogP contribution in [0.1, 0.15) is 117 Å². The monoisotopic (exact) mass is 759 g/mol. The Labute approximate surface area is 318 Å². The van der Waals surface area contributed by atoms with E-state index in [-0.39, 0.29) is 18.8 Å². The third kappa shape index (κ3) is 19.8. The van der Waals surface area contributed by atoms with Crippen molar-refractivity contribution < 1.29 is 63.0 Å². The third-order valence-electron chi connectivity index (χ3n) is 8.21. The minimum absolute atomic E-state index is 0.151. The van der Waals surface area contributed by atoms with Crippen LogP contribution in [-0.4, -0.2) is 82.2 Å². The molecule has 1 rings (SSSR count). The van der Waals surface area contributed by atoms with Crippen LogP contribution in [0.15, 0.2) is 36.4 Å². The molecule has 0 radical (unpaired) electrons. The fourth-order valence-corrected chi connectivity index (χ4v) is 5.30. The highest BCUT2D eigenvalue weighted by atomic mass is 16.8. The predicted octanol–water partition coefficient (Wildman–Crippen LogP) is 5.91. The first-order valence-electron chi connectivity index (χ1n) is 18.5. The van der Waals surface area contributed by atoms with Gasteiger partial charge in [-0.1, -0.05) is 75.7 Å². The maximum atomic E-state index is 13.7. The van der Waals surface area contributed by atoms with E-state index in [0.29, 0.717) is 37.0 Å². The molecule has 1 amide bonds. The Balaban J connectivity index is 3.09. The number of rotatable bonds is 28. The molecular formula is C40H57NO13. The summed E-state index contributed by atoms with van der Waals surface area (Å²) in [5, 5.41) is 32.9. The van der Waals surface area contributed by atoms with Gasteiger partial charge in [0.05, 0.1) is 18.4 Å². The van der Waals surface area contributed by atoms with Gasteiger partial charge in [0.25, 0.3) is 0 Å². The second kappa shape index (κ2) is 26.8. The summed E-state index contributed by atoms with van der Waals surface area (Å²) < 4.78 is 20.1. The molecule has 14 heteroatoms. The molecule has 54 heavy (non-hydrogen) atoms. The van der Waals surface area contributed by atoms with Crippen molar-refractivity contribution in [2.75, 3.05) is 13.4 Å². The van der Waals surface area contributed by atoms with Crippen molar-refractivity contribution in [3.8, 4) is 17.6 Å². The number of aliphatic carboxylic acids is 2. The third-order valence-corrected chi connectivity index (χ3v) is 8.21. The molecule has 3 atom stereocenters. The van der Waals surface area contributed by atoms with Gasteiger partial charge in [0.15, 0.2) is 5.60 Å². The van der Waals surface area contributed by atoms with Gasteiger partial charge in [0.1, 0.15) is 24.2 Å². The number of ketones is 1. The van der Waals surface area contributed by atoms with E-state index in [1.807, 2.05) is 0 Å². The normalized spacial score (nSPS) is 13.1.